The molecule has 0 radical (unpaired) electrons. The van der Waals surface area contributed by atoms with Crippen LogP contribution < -0.4 is 5.32 Å². The molecule has 1 rings (SSSR count). The molecule has 1 unspecified atom stereocenters. The standard InChI is InChI=1S/C14H19BrClN/c1-4-7-17-14(8-10(2)3)11-5-6-12(15)13(16)9-11/h5-6,9,14,17H,2,4,7-8H2,1,3H3. The first kappa shape index (κ1) is 14.7. The first-order chi connectivity index (χ1) is 8.04. The quantitative estimate of drug-likeness (QED) is 0.719. The molecule has 1 aromatic rings. The van der Waals surface area contributed by atoms with Crippen LogP contribution in [0.25, 0.3) is 0 Å². The van der Waals surface area contributed by atoms with E-state index in [0.29, 0.717) is 6.04 Å². The molecule has 3 heteroatoms. The van der Waals surface area contributed by atoms with Crippen LogP contribution in [0.4, 0.5) is 0 Å². The zero-order valence-corrected chi connectivity index (χ0v) is 12.7. The average molecular weight is 317 g/mol. The van der Waals surface area contributed by atoms with Crippen LogP contribution in [0.1, 0.15) is 38.3 Å². The van der Waals surface area contributed by atoms with Crippen LogP contribution in [0.3, 0.4) is 0 Å². The summed E-state index contributed by atoms with van der Waals surface area (Å²) in [6.45, 7) is 9.21. The predicted octanol–water partition coefficient (Wildman–Crippen LogP) is 5.11. The lowest BCUT2D eigenvalue weighted by Crippen LogP contribution is -2.22. The molecule has 1 N–H and O–H groups in total. The highest BCUT2D eigenvalue weighted by atomic mass is 79.9. The first-order valence-corrected chi connectivity index (χ1v) is 7.04. The third kappa shape index (κ3) is 4.82. The number of nitrogens with one attached hydrogen (secondary N) is 1. The minimum Gasteiger partial charge on any atom is -0.310 e. The molecule has 0 aliphatic rings. The van der Waals surface area contributed by atoms with Crippen molar-refractivity contribution in [2.45, 2.75) is 32.7 Å². The zero-order valence-electron chi connectivity index (χ0n) is 10.4. The predicted molar refractivity (Wildman–Crippen MR) is 79.6 cm³/mol. The van der Waals surface area contributed by atoms with Gasteiger partial charge in [-0.3, -0.25) is 0 Å². The van der Waals surface area contributed by atoms with Crippen molar-refractivity contribution in [2.24, 2.45) is 0 Å². The Balaban J connectivity index is 2.86. The van der Waals surface area contributed by atoms with Crippen molar-refractivity contribution in [3.8, 4) is 0 Å². The van der Waals surface area contributed by atoms with E-state index < -0.39 is 0 Å². The molecular formula is C14H19BrClN. The molecule has 0 aliphatic carbocycles. The zero-order chi connectivity index (χ0) is 12.8. The summed E-state index contributed by atoms with van der Waals surface area (Å²) in [5, 5.41) is 4.29. The van der Waals surface area contributed by atoms with Gasteiger partial charge in [0.1, 0.15) is 0 Å². The monoisotopic (exact) mass is 315 g/mol. The van der Waals surface area contributed by atoms with Crippen LogP contribution in [-0.2, 0) is 0 Å². The topological polar surface area (TPSA) is 12.0 Å². The van der Waals surface area contributed by atoms with Crippen molar-refractivity contribution in [1.82, 2.24) is 5.32 Å². The fourth-order valence-electron chi connectivity index (χ4n) is 1.70. The molecule has 0 spiro atoms. The fraction of sp³-hybridized carbons (Fsp3) is 0.429. The van der Waals surface area contributed by atoms with Crippen molar-refractivity contribution < 1.29 is 0 Å². The lowest BCUT2D eigenvalue weighted by Gasteiger charge is -2.19. The number of benzene rings is 1. The summed E-state index contributed by atoms with van der Waals surface area (Å²) < 4.78 is 0.937. The van der Waals surface area contributed by atoms with Crippen molar-refractivity contribution >= 4 is 27.5 Å². The Hall–Kier alpha value is -0.310. The van der Waals surface area contributed by atoms with Crippen molar-refractivity contribution in [3.63, 3.8) is 0 Å². The van der Waals surface area contributed by atoms with Gasteiger partial charge in [0.25, 0.3) is 0 Å². The minimum absolute atomic E-state index is 0.304. The molecule has 17 heavy (non-hydrogen) atoms. The molecule has 0 saturated heterocycles. The van der Waals surface area contributed by atoms with Crippen LogP contribution in [0.15, 0.2) is 34.8 Å². The molecule has 0 fully saturated rings. The largest absolute Gasteiger partial charge is 0.310 e. The van der Waals surface area contributed by atoms with Gasteiger partial charge in [0.05, 0.1) is 5.02 Å². The Labute approximate surface area is 117 Å². The Morgan fingerprint density at radius 3 is 2.76 bits per heavy atom. The summed E-state index contributed by atoms with van der Waals surface area (Å²) >= 11 is 9.54. The molecule has 1 atom stereocenters. The van der Waals surface area contributed by atoms with Crippen molar-refractivity contribution in [2.75, 3.05) is 6.54 Å². The molecule has 0 saturated carbocycles. The van der Waals surface area contributed by atoms with Gasteiger partial charge in [0.15, 0.2) is 0 Å². The summed E-state index contributed by atoms with van der Waals surface area (Å²) in [4.78, 5) is 0. The number of hydrogen-bond donors (Lipinski definition) is 1. The summed E-state index contributed by atoms with van der Waals surface area (Å²) in [7, 11) is 0. The highest BCUT2D eigenvalue weighted by Gasteiger charge is 2.12. The van der Waals surface area contributed by atoms with E-state index in [-0.39, 0.29) is 0 Å². The highest BCUT2D eigenvalue weighted by Crippen LogP contribution is 2.28. The molecule has 0 bridgehead atoms. The van der Waals surface area contributed by atoms with E-state index >= 15 is 0 Å². The minimum atomic E-state index is 0.304. The third-order valence-electron chi connectivity index (χ3n) is 2.54. The van der Waals surface area contributed by atoms with Crippen LogP contribution in [0, 0.1) is 0 Å². The SMILES string of the molecule is C=C(C)CC(NCCC)c1ccc(Br)c(Cl)c1. The summed E-state index contributed by atoms with van der Waals surface area (Å²) in [5.41, 5.74) is 2.40. The number of halogens is 2. The van der Waals surface area contributed by atoms with E-state index in [1.54, 1.807) is 0 Å². The van der Waals surface area contributed by atoms with Crippen LogP contribution in [0.2, 0.25) is 5.02 Å². The third-order valence-corrected chi connectivity index (χ3v) is 3.77. The lowest BCUT2D eigenvalue weighted by atomic mass is 10.0. The average Bonchev–Trinajstić information content (AvgIpc) is 2.27. The van der Waals surface area contributed by atoms with Crippen molar-refractivity contribution in [1.29, 1.82) is 0 Å². The fourth-order valence-corrected chi connectivity index (χ4v) is 2.14. The van der Waals surface area contributed by atoms with Gasteiger partial charge in [-0.25, -0.2) is 0 Å². The van der Waals surface area contributed by atoms with Gasteiger partial charge < -0.3 is 5.32 Å². The van der Waals surface area contributed by atoms with Gasteiger partial charge in [-0.15, -0.1) is 6.58 Å². The van der Waals surface area contributed by atoms with Gasteiger partial charge in [-0.05, 0) is 59.9 Å². The van der Waals surface area contributed by atoms with Gasteiger partial charge >= 0.3 is 0 Å². The van der Waals surface area contributed by atoms with Crippen LogP contribution in [0.5, 0.6) is 0 Å². The smallest absolute Gasteiger partial charge is 0.0551 e. The van der Waals surface area contributed by atoms with E-state index in [4.69, 9.17) is 11.6 Å². The molecule has 94 valence electrons. The van der Waals surface area contributed by atoms with E-state index in [1.165, 1.54) is 11.1 Å². The van der Waals surface area contributed by atoms with Crippen LogP contribution >= 0.6 is 27.5 Å². The Morgan fingerprint density at radius 1 is 1.53 bits per heavy atom. The van der Waals surface area contributed by atoms with Gasteiger partial charge in [-0.1, -0.05) is 30.2 Å². The van der Waals surface area contributed by atoms with Gasteiger partial charge in [0.2, 0.25) is 0 Å². The van der Waals surface area contributed by atoms with E-state index in [2.05, 4.69) is 47.7 Å². The van der Waals surface area contributed by atoms with Crippen molar-refractivity contribution in [3.05, 3.63) is 45.4 Å². The maximum absolute atomic E-state index is 6.13. The van der Waals surface area contributed by atoms with E-state index in [0.717, 1.165) is 28.9 Å². The molecule has 0 aliphatic heterocycles. The highest BCUT2D eigenvalue weighted by molar-refractivity contribution is 9.10. The molecule has 1 nitrogen and oxygen atoms in total. The van der Waals surface area contributed by atoms with E-state index in [1.807, 2.05) is 12.1 Å². The first-order valence-electron chi connectivity index (χ1n) is 5.87. The summed E-state index contributed by atoms with van der Waals surface area (Å²) in [6.07, 6.45) is 2.06. The van der Waals surface area contributed by atoms with Gasteiger partial charge in [-0.2, -0.15) is 0 Å². The molecule has 0 aromatic heterocycles. The molecular weight excluding hydrogens is 298 g/mol. The number of rotatable bonds is 6. The molecule has 0 heterocycles. The molecule has 1 aromatic carbocycles. The second-order valence-electron chi connectivity index (χ2n) is 4.34. The Kier molecular flexibility index (Phi) is 6.24. The Bertz CT molecular complexity index is 390. The maximum Gasteiger partial charge on any atom is 0.0551 e. The number of hydrogen-bond acceptors (Lipinski definition) is 1. The van der Waals surface area contributed by atoms with E-state index in [9.17, 15) is 0 Å². The maximum atomic E-state index is 6.13. The summed E-state index contributed by atoms with van der Waals surface area (Å²) in [5.74, 6) is 0. The second-order valence-corrected chi connectivity index (χ2v) is 5.60. The summed E-state index contributed by atoms with van der Waals surface area (Å²) in [6, 6.07) is 6.42. The lowest BCUT2D eigenvalue weighted by molar-refractivity contribution is 0.528. The second kappa shape index (κ2) is 7.20. The van der Waals surface area contributed by atoms with Crippen LogP contribution in [-0.4, -0.2) is 6.54 Å². The normalized spacial score (nSPS) is 12.5. The Morgan fingerprint density at radius 2 is 2.24 bits per heavy atom. The molecule has 0 amide bonds. The van der Waals surface area contributed by atoms with Gasteiger partial charge in [0, 0.05) is 10.5 Å².